The molecule has 1 unspecified atom stereocenters. The van der Waals surface area contributed by atoms with Crippen molar-refractivity contribution in [2.45, 2.75) is 19.4 Å². The summed E-state index contributed by atoms with van der Waals surface area (Å²) in [4.78, 5) is 4.17. The second-order valence-electron chi connectivity index (χ2n) is 4.17. The van der Waals surface area contributed by atoms with Crippen LogP contribution in [0.3, 0.4) is 0 Å². The average molecular weight is 247 g/mol. The van der Waals surface area contributed by atoms with Gasteiger partial charge in [0.15, 0.2) is 0 Å². The number of aryl methyl sites for hydroxylation is 1. The molecular weight excluding hydrogens is 232 g/mol. The van der Waals surface area contributed by atoms with Crippen LogP contribution in [0.15, 0.2) is 42.6 Å². The fourth-order valence-corrected chi connectivity index (χ4v) is 2.05. The van der Waals surface area contributed by atoms with Gasteiger partial charge in [0.05, 0.1) is 0 Å². The van der Waals surface area contributed by atoms with Gasteiger partial charge in [-0.15, -0.1) is 0 Å². The Kier molecular flexibility index (Phi) is 3.77. The van der Waals surface area contributed by atoms with Gasteiger partial charge in [0.2, 0.25) is 0 Å². The van der Waals surface area contributed by atoms with E-state index in [4.69, 9.17) is 17.3 Å². The quantitative estimate of drug-likeness (QED) is 0.903. The molecule has 1 aromatic carbocycles. The van der Waals surface area contributed by atoms with Crippen molar-refractivity contribution in [1.29, 1.82) is 0 Å². The number of hydrogen-bond acceptors (Lipinski definition) is 2. The summed E-state index contributed by atoms with van der Waals surface area (Å²) in [5.41, 5.74) is 9.43. The van der Waals surface area contributed by atoms with E-state index in [9.17, 15) is 0 Å². The predicted octanol–water partition coefficient (Wildman–Crippen LogP) is 3.29. The zero-order valence-corrected chi connectivity index (χ0v) is 10.5. The molecule has 2 rings (SSSR count). The first-order chi connectivity index (χ1) is 8.15. The Balaban J connectivity index is 2.14. The summed E-state index contributed by atoms with van der Waals surface area (Å²) in [6.07, 6.45) is 2.58. The van der Waals surface area contributed by atoms with Crippen molar-refractivity contribution in [2.75, 3.05) is 0 Å². The van der Waals surface area contributed by atoms with Gasteiger partial charge in [-0.05, 0) is 48.7 Å². The van der Waals surface area contributed by atoms with Crippen LogP contribution in [-0.2, 0) is 6.42 Å². The van der Waals surface area contributed by atoms with E-state index < -0.39 is 0 Å². The topological polar surface area (TPSA) is 38.9 Å². The number of nitrogens with two attached hydrogens (primary N) is 1. The van der Waals surface area contributed by atoms with Crippen molar-refractivity contribution < 1.29 is 0 Å². The number of halogens is 1. The van der Waals surface area contributed by atoms with Gasteiger partial charge in [-0.2, -0.15) is 0 Å². The number of benzene rings is 1. The molecule has 0 aliphatic carbocycles. The summed E-state index contributed by atoms with van der Waals surface area (Å²) in [6.45, 7) is 1.97. The SMILES string of the molecule is Cc1cc(C(N)Cc2cccc(Cl)c2)ccn1. The van der Waals surface area contributed by atoms with Gasteiger partial charge in [0, 0.05) is 23.0 Å². The second kappa shape index (κ2) is 5.30. The molecule has 0 aliphatic heterocycles. The van der Waals surface area contributed by atoms with Gasteiger partial charge in [-0.1, -0.05) is 23.7 Å². The third-order valence-electron chi connectivity index (χ3n) is 2.69. The fourth-order valence-electron chi connectivity index (χ4n) is 1.83. The lowest BCUT2D eigenvalue weighted by Crippen LogP contribution is -2.13. The average Bonchev–Trinajstić information content (AvgIpc) is 2.29. The third kappa shape index (κ3) is 3.29. The smallest absolute Gasteiger partial charge is 0.0408 e. The van der Waals surface area contributed by atoms with Crippen molar-refractivity contribution >= 4 is 11.6 Å². The van der Waals surface area contributed by atoms with Crippen molar-refractivity contribution in [3.8, 4) is 0 Å². The van der Waals surface area contributed by atoms with Crippen LogP contribution in [-0.4, -0.2) is 4.98 Å². The lowest BCUT2D eigenvalue weighted by Gasteiger charge is -2.12. The van der Waals surface area contributed by atoms with Gasteiger partial charge < -0.3 is 5.73 Å². The Morgan fingerprint density at radius 3 is 2.82 bits per heavy atom. The van der Waals surface area contributed by atoms with Crippen molar-refractivity contribution in [2.24, 2.45) is 5.73 Å². The van der Waals surface area contributed by atoms with E-state index >= 15 is 0 Å². The van der Waals surface area contributed by atoms with Crippen LogP contribution in [0.1, 0.15) is 22.9 Å². The molecule has 17 heavy (non-hydrogen) atoms. The van der Waals surface area contributed by atoms with Crippen molar-refractivity contribution in [3.63, 3.8) is 0 Å². The third-order valence-corrected chi connectivity index (χ3v) is 2.93. The molecule has 1 aromatic heterocycles. The monoisotopic (exact) mass is 246 g/mol. The minimum absolute atomic E-state index is 0.0184. The van der Waals surface area contributed by atoms with Gasteiger partial charge in [-0.25, -0.2) is 0 Å². The lowest BCUT2D eigenvalue weighted by molar-refractivity contribution is 0.719. The first kappa shape index (κ1) is 12.1. The Labute approximate surface area is 106 Å². The van der Waals surface area contributed by atoms with Gasteiger partial charge in [0.25, 0.3) is 0 Å². The molecule has 0 amide bonds. The molecule has 0 spiro atoms. The summed E-state index contributed by atoms with van der Waals surface area (Å²) in [7, 11) is 0. The Morgan fingerprint density at radius 2 is 2.12 bits per heavy atom. The summed E-state index contributed by atoms with van der Waals surface area (Å²) in [6, 6.07) is 11.8. The molecular formula is C14H15ClN2. The molecule has 1 atom stereocenters. The first-order valence-electron chi connectivity index (χ1n) is 5.58. The lowest BCUT2D eigenvalue weighted by atomic mass is 10.00. The van der Waals surface area contributed by atoms with E-state index in [1.165, 1.54) is 0 Å². The van der Waals surface area contributed by atoms with Crippen molar-refractivity contribution in [1.82, 2.24) is 4.98 Å². The second-order valence-corrected chi connectivity index (χ2v) is 4.61. The standard InChI is InChI=1S/C14H15ClN2/c1-10-7-12(5-6-17-10)14(16)9-11-3-2-4-13(15)8-11/h2-8,14H,9,16H2,1H3. The van der Waals surface area contributed by atoms with Crippen LogP contribution >= 0.6 is 11.6 Å². The van der Waals surface area contributed by atoms with E-state index in [1.54, 1.807) is 6.20 Å². The first-order valence-corrected chi connectivity index (χ1v) is 5.95. The van der Waals surface area contributed by atoms with Crippen LogP contribution in [0.2, 0.25) is 5.02 Å². The highest BCUT2D eigenvalue weighted by Gasteiger charge is 2.07. The molecule has 0 aliphatic rings. The zero-order chi connectivity index (χ0) is 12.3. The predicted molar refractivity (Wildman–Crippen MR) is 71.1 cm³/mol. The van der Waals surface area contributed by atoms with E-state index in [1.807, 2.05) is 43.3 Å². The largest absolute Gasteiger partial charge is 0.324 e. The Hall–Kier alpha value is -1.38. The zero-order valence-electron chi connectivity index (χ0n) is 9.73. The minimum atomic E-state index is -0.0184. The fraction of sp³-hybridized carbons (Fsp3) is 0.214. The summed E-state index contributed by atoms with van der Waals surface area (Å²) < 4.78 is 0. The molecule has 2 nitrogen and oxygen atoms in total. The van der Waals surface area contributed by atoms with E-state index in [0.717, 1.165) is 28.3 Å². The maximum atomic E-state index is 6.18. The highest BCUT2D eigenvalue weighted by Crippen LogP contribution is 2.18. The highest BCUT2D eigenvalue weighted by molar-refractivity contribution is 6.30. The van der Waals surface area contributed by atoms with Crippen molar-refractivity contribution in [3.05, 3.63) is 64.4 Å². The minimum Gasteiger partial charge on any atom is -0.324 e. The Morgan fingerprint density at radius 1 is 1.29 bits per heavy atom. The van der Waals surface area contributed by atoms with Crippen LogP contribution in [0.5, 0.6) is 0 Å². The summed E-state index contributed by atoms with van der Waals surface area (Å²) in [5, 5.41) is 0.751. The molecule has 0 radical (unpaired) electrons. The van der Waals surface area contributed by atoms with E-state index in [-0.39, 0.29) is 6.04 Å². The number of aromatic nitrogens is 1. The molecule has 3 heteroatoms. The van der Waals surface area contributed by atoms with Gasteiger partial charge in [-0.3, -0.25) is 4.98 Å². The number of hydrogen-bond donors (Lipinski definition) is 1. The van der Waals surface area contributed by atoms with E-state index in [0.29, 0.717) is 0 Å². The van der Waals surface area contributed by atoms with Gasteiger partial charge >= 0.3 is 0 Å². The highest BCUT2D eigenvalue weighted by atomic mass is 35.5. The maximum absolute atomic E-state index is 6.18. The normalized spacial score (nSPS) is 12.4. The molecule has 0 fully saturated rings. The number of nitrogens with zero attached hydrogens (tertiary/aromatic N) is 1. The number of rotatable bonds is 3. The molecule has 0 bridgehead atoms. The van der Waals surface area contributed by atoms with Gasteiger partial charge in [0.1, 0.15) is 0 Å². The van der Waals surface area contributed by atoms with E-state index in [2.05, 4.69) is 4.98 Å². The molecule has 88 valence electrons. The summed E-state index contributed by atoms with van der Waals surface area (Å²) >= 11 is 5.95. The maximum Gasteiger partial charge on any atom is 0.0408 e. The number of pyridine rings is 1. The van der Waals surface area contributed by atoms with Crippen LogP contribution in [0.25, 0.3) is 0 Å². The summed E-state index contributed by atoms with van der Waals surface area (Å²) in [5.74, 6) is 0. The molecule has 2 aromatic rings. The van der Waals surface area contributed by atoms with Crippen LogP contribution in [0.4, 0.5) is 0 Å². The van der Waals surface area contributed by atoms with Crippen LogP contribution < -0.4 is 5.73 Å². The molecule has 0 saturated heterocycles. The molecule has 2 N–H and O–H groups in total. The Bertz CT molecular complexity index is 511. The molecule has 1 heterocycles. The molecule has 0 saturated carbocycles. The van der Waals surface area contributed by atoms with Crippen LogP contribution in [0, 0.1) is 6.92 Å².